The number of hydrogen-bond acceptors (Lipinski definition) is 8. The lowest BCUT2D eigenvalue weighted by molar-refractivity contribution is -0.125. The van der Waals surface area contributed by atoms with Crippen LogP contribution in [0.5, 0.6) is 0 Å². The zero-order chi connectivity index (χ0) is 31.1. The third-order valence-corrected chi connectivity index (χ3v) is 7.40. The molecule has 0 spiro atoms. The summed E-state index contributed by atoms with van der Waals surface area (Å²) in [5.41, 5.74) is 1.81. The highest BCUT2D eigenvalue weighted by Crippen LogP contribution is 2.20. The van der Waals surface area contributed by atoms with Gasteiger partial charge in [0, 0.05) is 24.5 Å². The number of pyridine rings is 1. The lowest BCUT2D eigenvalue weighted by atomic mass is 10.0. The summed E-state index contributed by atoms with van der Waals surface area (Å²) in [6.07, 6.45) is 2.97. The number of aromatic nitrogens is 2. The highest BCUT2D eigenvalue weighted by atomic mass is 16.3. The first kappa shape index (κ1) is 30.4. The lowest BCUT2D eigenvalue weighted by Crippen LogP contribution is -2.52. The molecule has 2 bridgehead atoms. The van der Waals surface area contributed by atoms with Gasteiger partial charge >= 0.3 is 0 Å². The minimum absolute atomic E-state index is 0.0706. The van der Waals surface area contributed by atoms with Crippen LogP contribution in [0.3, 0.4) is 0 Å². The second-order valence-electron chi connectivity index (χ2n) is 10.7. The number of carbonyl (C=O) groups excluding carboxylic acids is 4. The predicted molar refractivity (Wildman–Crippen MR) is 160 cm³/mol. The van der Waals surface area contributed by atoms with E-state index in [0.29, 0.717) is 24.8 Å². The summed E-state index contributed by atoms with van der Waals surface area (Å²) < 4.78 is 5.65. The van der Waals surface area contributed by atoms with Crippen molar-refractivity contribution in [2.75, 3.05) is 6.54 Å². The maximum atomic E-state index is 13.8. The number of para-hydroxylation sites is 1. The van der Waals surface area contributed by atoms with E-state index in [-0.39, 0.29) is 24.6 Å². The van der Waals surface area contributed by atoms with E-state index in [4.69, 9.17) is 4.42 Å². The van der Waals surface area contributed by atoms with Crippen LogP contribution in [0.1, 0.15) is 64.5 Å². The first-order valence-electron chi connectivity index (χ1n) is 14.5. The average molecular weight is 599 g/mol. The Morgan fingerprint density at radius 3 is 2.61 bits per heavy atom. The van der Waals surface area contributed by atoms with Gasteiger partial charge in [0.15, 0.2) is 5.69 Å². The molecule has 5 rings (SSSR count). The van der Waals surface area contributed by atoms with Crippen LogP contribution in [0.15, 0.2) is 77.5 Å². The Morgan fingerprint density at radius 1 is 1.05 bits per heavy atom. The average Bonchev–Trinajstić information content (AvgIpc) is 3.52. The minimum Gasteiger partial charge on any atom is -0.446 e. The van der Waals surface area contributed by atoms with E-state index in [9.17, 15) is 24.3 Å². The SMILES string of the molecule is C[C@@H](O)[C@@H]1NC(=O)c2coc(n2)[C@H](Cc2ccccc2)NC(=O)[C@@H](NC(=O)c2cnc3ccccc3c2)CCCCNC1=O. The van der Waals surface area contributed by atoms with Gasteiger partial charge < -0.3 is 30.8 Å². The number of aliphatic hydroxyl groups is 1. The van der Waals surface area contributed by atoms with Gasteiger partial charge in [0.2, 0.25) is 17.7 Å². The Labute approximate surface area is 253 Å². The van der Waals surface area contributed by atoms with Gasteiger partial charge in [-0.05, 0) is 43.9 Å². The zero-order valence-electron chi connectivity index (χ0n) is 24.2. The van der Waals surface area contributed by atoms with Crippen LogP contribution < -0.4 is 21.3 Å². The summed E-state index contributed by atoms with van der Waals surface area (Å²) in [5.74, 6) is -2.12. The molecule has 228 valence electrons. The summed E-state index contributed by atoms with van der Waals surface area (Å²) in [6.45, 7) is 1.64. The number of benzene rings is 2. The molecule has 2 aromatic carbocycles. The lowest BCUT2D eigenvalue weighted by Gasteiger charge is -2.23. The minimum atomic E-state index is -1.21. The molecule has 0 fully saturated rings. The molecule has 0 radical (unpaired) electrons. The fourth-order valence-corrected chi connectivity index (χ4v) is 5.00. The van der Waals surface area contributed by atoms with Crippen LogP contribution in [0.4, 0.5) is 0 Å². The molecular weight excluding hydrogens is 564 g/mol. The van der Waals surface area contributed by atoms with Gasteiger partial charge in [0.1, 0.15) is 24.4 Å². The Kier molecular flexibility index (Phi) is 9.60. The van der Waals surface area contributed by atoms with Gasteiger partial charge in [-0.15, -0.1) is 0 Å². The number of oxazole rings is 1. The number of aliphatic hydroxyl groups excluding tert-OH is 1. The first-order valence-corrected chi connectivity index (χ1v) is 14.5. The highest BCUT2D eigenvalue weighted by Gasteiger charge is 2.30. The fourth-order valence-electron chi connectivity index (χ4n) is 5.00. The van der Waals surface area contributed by atoms with Crippen molar-refractivity contribution in [1.82, 2.24) is 31.2 Å². The van der Waals surface area contributed by atoms with Crippen molar-refractivity contribution in [3.8, 4) is 0 Å². The van der Waals surface area contributed by atoms with Crippen LogP contribution in [0, 0.1) is 0 Å². The van der Waals surface area contributed by atoms with E-state index >= 15 is 0 Å². The van der Waals surface area contributed by atoms with Crippen LogP contribution in [-0.4, -0.2) is 63.4 Å². The van der Waals surface area contributed by atoms with Gasteiger partial charge in [-0.25, -0.2) is 4.98 Å². The summed E-state index contributed by atoms with van der Waals surface area (Å²) in [6, 6.07) is 15.6. The maximum absolute atomic E-state index is 13.8. The van der Waals surface area contributed by atoms with E-state index in [0.717, 1.165) is 22.7 Å². The summed E-state index contributed by atoms with van der Waals surface area (Å²) in [7, 11) is 0. The molecule has 1 aliphatic rings. The van der Waals surface area contributed by atoms with Crippen molar-refractivity contribution in [2.24, 2.45) is 0 Å². The molecule has 1 aliphatic heterocycles. The van der Waals surface area contributed by atoms with E-state index in [2.05, 4.69) is 31.2 Å². The Bertz CT molecular complexity index is 1640. The van der Waals surface area contributed by atoms with E-state index in [1.807, 2.05) is 54.6 Å². The third-order valence-electron chi connectivity index (χ3n) is 7.40. The third kappa shape index (κ3) is 7.45. The molecule has 4 amide bonds. The molecule has 4 atom stereocenters. The second kappa shape index (κ2) is 13.9. The molecule has 12 heteroatoms. The van der Waals surface area contributed by atoms with Crippen molar-refractivity contribution in [1.29, 1.82) is 0 Å². The molecule has 0 unspecified atom stereocenters. The summed E-state index contributed by atoms with van der Waals surface area (Å²) in [5, 5.41) is 22.0. The Balaban J connectivity index is 1.43. The molecule has 0 saturated heterocycles. The highest BCUT2D eigenvalue weighted by molar-refractivity contribution is 6.00. The normalized spacial score (nSPS) is 20.7. The van der Waals surface area contributed by atoms with Gasteiger partial charge in [-0.1, -0.05) is 48.5 Å². The maximum Gasteiger partial charge on any atom is 0.273 e. The summed E-state index contributed by atoms with van der Waals surface area (Å²) >= 11 is 0. The van der Waals surface area contributed by atoms with Gasteiger partial charge in [0.05, 0.1) is 17.2 Å². The van der Waals surface area contributed by atoms with Crippen molar-refractivity contribution in [3.63, 3.8) is 0 Å². The molecule has 4 aromatic rings. The van der Waals surface area contributed by atoms with Crippen LogP contribution in [0.2, 0.25) is 0 Å². The van der Waals surface area contributed by atoms with Gasteiger partial charge in [-0.3, -0.25) is 24.2 Å². The van der Waals surface area contributed by atoms with Crippen molar-refractivity contribution in [2.45, 2.75) is 56.8 Å². The van der Waals surface area contributed by atoms with Crippen molar-refractivity contribution < 1.29 is 28.7 Å². The number of rotatable bonds is 5. The van der Waals surface area contributed by atoms with Gasteiger partial charge in [0.25, 0.3) is 11.8 Å². The Hall–Kier alpha value is -5.10. The monoisotopic (exact) mass is 598 g/mol. The van der Waals surface area contributed by atoms with Crippen LogP contribution in [-0.2, 0) is 16.0 Å². The smallest absolute Gasteiger partial charge is 0.273 e. The second-order valence-corrected chi connectivity index (χ2v) is 10.7. The summed E-state index contributed by atoms with van der Waals surface area (Å²) in [4.78, 5) is 61.5. The van der Waals surface area contributed by atoms with Crippen LogP contribution >= 0.6 is 0 Å². The van der Waals surface area contributed by atoms with Crippen LogP contribution in [0.25, 0.3) is 10.9 Å². The Morgan fingerprint density at radius 2 is 1.82 bits per heavy atom. The quantitative estimate of drug-likeness (QED) is 0.232. The number of nitrogens with one attached hydrogen (secondary N) is 4. The largest absolute Gasteiger partial charge is 0.446 e. The molecule has 5 N–H and O–H groups in total. The molecule has 44 heavy (non-hydrogen) atoms. The molecular formula is C32H34N6O6. The van der Waals surface area contributed by atoms with Gasteiger partial charge in [-0.2, -0.15) is 0 Å². The molecule has 2 aromatic heterocycles. The number of amides is 4. The van der Waals surface area contributed by atoms with Crippen molar-refractivity contribution in [3.05, 3.63) is 95.8 Å². The first-order chi connectivity index (χ1) is 21.3. The molecule has 0 aliphatic carbocycles. The number of hydrogen-bond donors (Lipinski definition) is 5. The molecule has 12 nitrogen and oxygen atoms in total. The number of fused-ring (bicyclic) bond motifs is 3. The molecule has 0 saturated carbocycles. The van der Waals surface area contributed by atoms with E-state index in [1.165, 1.54) is 13.1 Å². The zero-order valence-corrected chi connectivity index (χ0v) is 24.2. The predicted octanol–water partition coefficient (Wildman–Crippen LogP) is 2.20. The topological polar surface area (TPSA) is 176 Å². The van der Waals surface area contributed by atoms with Crippen molar-refractivity contribution >= 4 is 34.5 Å². The standard InChI is InChI=1S/C32H34N6O6/c1-19(39)27-31(43)33-14-8-7-13-24(35-28(40)22-16-21-11-5-6-12-23(21)34-17-22)29(41)36-25(15-20-9-3-2-4-10-20)32-37-26(18-44-32)30(42)38-27/h2-6,9-12,16-19,24-25,27,39H,7-8,13-15H2,1H3,(H,33,43)(H,35,40)(H,36,41)(H,38,42)/t19-,24+,25+,27+/m1/s1. The fraction of sp³-hybridized carbons (Fsp3) is 0.312. The number of carbonyl (C=O) groups is 4. The van der Waals surface area contributed by atoms with E-state index in [1.54, 1.807) is 6.07 Å². The number of nitrogens with zero attached hydrogens (tertiary/aromatic N) is 2. The molecule has 3 heterocycles. The van der Waals surface area contributed by atoms with E-state index < -0.39 is 47.9 Å².